The third kappa shape index (κ3) is 3.25. The van der Waals surface area contributed by atoms with Gasteiger partial charge in [0.25, 0.3) is 0 Å². The second-order valence-corrected chi connectivity index (χ2v) is 5.15. The lowest BCUT2D eigenvalue weighted by molar-refractivity contribution is 0.0914. The van der Waals surface area contributed by atoms with E-state index < -0.39 is 0 Å². The van der Waals surface area contributed by atoms with Gasteiger partial charge in [0.05, 0.1) is 0 Å². The van der Waals surface area contributed by atoms with Crippen LogP contribution in [0.15, 0.2) is 0 Å². The molecule has 84 valence electrons. The highest BCUT2D eigenvalue weighted by atomic mass is 15.2. The topological polar surface area (TPSA) is 15.3 Å². The van der Waals surface area contributed by atoms with Crippen LogP contribution in [0.1, 0.15) is 47.0 Å². The molecule has 1 unspecified atom stereocenters. The highest BCUT2D eigenvalue weighted by Gasteiger charge is 2.30. The fourth-order valence-corrected chi connectivity index (χ4v) is 2.24. The predicted octanol–water partition coefficient (Wildman–Crippen LogP) is 2.25. The predicted molar refractivity (Wildman–Crippen MR) is 62.6 cm³/mol. The first-order valence-corrected chi connectivity index (χ1v) is 6.08. The molecule has 2 nitrogen and oxygen atoms in total. The van der Waals surface area contributed by atoms with Crippen molar-refractivity contribution in [1.82, 2.24) is 10.2 Å². The highest BCUT2D eigenvalue weighted by Crippen LogP contribution is 2.17. The van der Waals surface area contributed by atoms with E-state index in [0.29, 0.717) is 5.54 Å². The summed E-state index contributed by atoms with van der Waals surface area (Å²) >= 11 is 0. The molecule has 1 aliphatic rings. The smallest absolute Gasteiger partial charge is 0.0252 e. The third-order valence-corrected chi connectivity index (χ3v) is 3.20. The zero-order valence-electron chi connectivity index (χ0n) is 10.3. The van der Waals surface area contributed by atoms with Gasteiger partial charge in [-0.1, -0.05) is 20.3 Å². The summed E-state index contributed by atoms with van der Waals surface area (Å²) in [5.41, 5.74) is 0.305. The third-order valence-electron chi connectivity index (χ3n) is 3.20. The van der Waals surface area contributed by atoms with Crippen molar-refractivity contribution in [3.05, 3.63) is 0 Å². The van der Waals surface area contributed by atoms with Crippen molar-refractivity contribution in [3.8, 4) is 0 Å². The number of hydrogen-bond donors (Lipinski definition) is 1. The Morgan fingerprint density at radius 3 is 2.64 bits per heavy atom. The van der Waals surface area contributed by atoms with Crippen molar-refractivity contribution < 1.29 is 0 Å². The number of nitrogens with one attached hydrogen (secondary N) is 1. The number of hydrogen-bond acceptors (Lipinski definition) is 2. The number of nitrogens with zero attached hydrogens (tertiary/aromatic N) is 1. The molecule has 1 atom stereocenters. The quantitative estimate of drug-likeness (QED) is 0.745. The Kier molecular flexibility index (Phi) is 4.39. The summed E-state index contributed by atoms with van der Waals surface area (Å²) in [7, 11) is 0. The van der Waals surface area contributed by atoms with E-state index in [1.807, 2.05) is 0 Å². The lowest BCUT2D eigenvalue weighted by atomic mass is 9.97. The van der Waals surface area contributed by atoms with Crippen LogP contribution in [0, 0.1) is 0 Å². The maximum atomic E-state index is 3.62. The van der Waals surface area contributed by atoms with Gasteiger partial charge in [-0.15, -0.1) is 0 Å². The molecule has 0 aromatic heterocycles. The first kappa shape index (κ1) is 12.0. The molecule has 2 heteroatoms. The molecule has 1 rings (SSSR count). The Morgan fingerprint density at radius 1 is 1.36 bits per heavy atom. The normalized spacial score (nSPS) is 27.9. The summed E-state index contributed by atoms with van der Waals surface area (Å²) in [6.07, 6.45) is 3.92. The van der Waals surface area contributed by atoms with E-state index in [2.05, 4.69) is 37.9 Å². The Bertz CT molecular complexity index is 166. The summed E-state index contributed by atoms with van der Waals surface area (Å²) in [6.45, 7) is 12.8. The molecule has 0 saturated carbocycles. The minimum atomic E-state index is 0.305. The molecule has 0 radical (unpaired) electrons. The molecule has 0 bridgehead atoms. The van der Waals surface area contributed by atoms with Crippen molar-refractivity contribution in [2.24, 2.45) is 0 Å². The minimum absolute atomic E-state index is 0.305. The van der Waals surface area contributed by atoms with E-state index in [9.17, 15) is 0 Å². The van der Waals surface area contributed by atoms with E-state index in [4.69, 9.17) is 0 Å². The molecule has 1 saturated heterocycles. The van der Waals surface area contributed by atoms with Crippen LogP contribution in [0.25, 0.3) is 0 Å². The van der Waals surface area contributed by atoms with Crippen LogP contribution in [-0.2, 0) is 0 Å². The van der Waals surface area contributed by atoms with E-state index in [1.165, 1.54) is 32.4 Å². The summed E-state index contributed by atoms with van der Waals surface area (Å²) in [4.78, 5) is 2.67. The van der Waals surface area contributed by atoms with Gasteiger partial charge in [-0.25, -0.2) is 0 Å². The zero-order chi connectivity index (χ0) is 10.6. The molecular weight excluding hydrogens is 172 g/mol. The van der Waals surface area contributed by atoms with Crippen LogP contribution < -0.4 is 5.32 Å². The molecular formula is C12H26N2. The van der Waals surface area contributed by atoms with Crippen LogP contribution in [0.4, 0.5) is 0 Å². The lowest BCUT2D eigenvalue weighted by Gasteiger charge is -2.44. The maximum Gasteiger partial charge on any atom is 0.0252 e. The molecule has 0 aromatic rings. The highest BCUT2D eigenvalue weighted by molar-refractivity contribution is 4.91. The summed E-state index contributed by atoms with van der Waals surface area (Å²) in [5, 5.41) is 3.62. The van der Waals surface area contributed by atoms with Gasteiger partial charge in [-0.3, -0.25) is 4.90 Å². The van der Waals surface area contributed by atoms with Crippen molar-refractivity contribution in [3.63, 3.8) is 0 Å². The van der Waals surface area contributed by atoms with Crippen molar-refractivity contribution in [2.45, 2.75) is 58.5 Å². The van der Waals surface area contributed by atoms with Crippen LogP contribution in [0.3, 0.4) is 0 Å². The van der Waals surface area contributed by atoms with Crippen LogP contribution in [0.2, 0.25) is 0 Å². The molecule has 1 heterocycles. The number of unbranched alkanes of at least 4 members (excludes halogenated alkanes) is 1. The van der Waals surface area contributed by atoms with Gasteiger partial charge >= 0.3 is 0 Å². The summed E-state index contributed by atoms with van der Waals surface area (Å²) in [5.74, 6) is 0. The van der Waals surface area contributed by atoms with Crippen molar-refractivity contribution >= 4 is 0 Å². The molecule has 1 aliphatic heterocycles. The van der Waals surface area contributed by atoms with Crippen LogP contribution in [0.5, 0.6) is 0 Å². The molecule has 14 heavy (non-hydrogen) atoms. The standard InChI is InChI=1S/C12H26N2/c1-5-7-8-14-10-12(3,4)13-9-11(14)6-2/h11,13H,5-10H2,1-4H3. The fraction of sp³-hybridized carbons (Fsp3) is 1.00. The Hall–Kier alpha value is -0.0800. The van der Waals surface area contributed by atoms with E-state index in [1.54, 1.807) is 0 Å². The van der Waals surface area contributed by atoms with Gasteiger partial charge in [0.15, 0.2) is 0 Å². The minimum Gasteiger partial charge on any atom is -0.309 e. The zero-order valence-corrected chi connectivity index (χ0v) is 10.3. The van der Waals surface area contributed by atoms with Crippen molar-refractivity contribution in [2.75, 3.05) is 19.6 Å². The second kappa shape index (κ2) is 5.13. The van der Waals surface area contributed by atoms with Gasteiger partial charge in [0.1, 0.15) is 0 Å². The molecule has 1 fully saturated rings. The van der Waals surface area contributed by atoms with E-state index in [0.717, 1.165) is 12.6 Å². The van der Waals surface area contributed by atoms with Gasteiger partial charge in [-0.2, -0.15) is 0 Å². The maximum absolute atomic E-state index is 3.62. The molecule has 0 aliphatic carbocycles. The number of piperazine rings is 1. The van der Waals surface area contributed by atoms with Crippen LogP contribution >= 0.6 is 0 Å². The Morgan fingerprint density at radius 2 is 2.07 bits per heavy atom. The average molecular weight is 198 g/mol. The van der Waals surface area contributed by atoms with E-state index in [-0.39, 0.29) is 0 Å². The Labute approximate surface area is 89.1 Å². The van der Waals surface area contributed by atoms with E-state index >= 15 is 0 Å². The monoisotopic (exact) mass is 198 g/mol. The van der Waals surface area contributed by atoms with Crippen LogP contribution in [-0.4, -0.2) is 36.1 Å². The Balaban J connectivity index is 2.47. The van der Waals surface area contributed by atoms with Gasteiger partial charge in [0.2, 0.25) is 0 Å². The summed E-state index contributed by atoms with van der Waals surface area (Å²) in [6, 6.07) is 0.759. The first-order chi connectivity index (χ1) is 6.59. The SMILES string of the molecule is CCCCN1CC(C)(C)NCC1CC. The largest absolute Gasteiger partial charge is 0.309 e. The molecule has 0 spiro atoms. The summed E-state index contributed by atoms with van der Waals surface area (Å²) < 4.78 is 0. The molecule has 0 aromatic carbocycles. The first-order valence-electron chi connectivity index (χ1n) is 6.08. The van der Waals surface area contributed by atoms with Gasteiger partial charge < -0.3 is 5.32 Å². The average Bonchev–Trinajstić information content (AvgIpc) is 2.14. The van der Waals surface area contributed by atoms with Gasteiger partial charge in [-0.05, 0) is 33.2 Å². The molecule has 0 amide bonds. The lowest BCUT2D eigenvalue weighted by Crippen LogP contribution is -2.61. The fourth-order valence-electron chi connectivity index (χ4n) is 2.24. The van der Waals surface area contributed by atoms with Gasteiger partial charge in [0, 0.05) is 24.7 Å². The second-order valence-electron chi connectivity index (χ2n) is 5.15. The number of rotatable bonds is 4. The van der Waals surface area contributed by atoms with Crippen molar-refractivity contribution in [1.29, 1.82) is 0 Å². The molecule has 1 N–H and O–H groups in total.